The zero-order chi connectivity index (χ0) is 17.4. The van der Waals surface area contributed by atoms with Gasteiger partial charge < -0.3 is 15.4 Å². The molecule has 2 rings (SSSR count). The van der Waals surface area contributed by atoms with E-state index in [1.54, 1.807) is 7.11 Å². The second-order valence-corrected chi connectivity index (χ2v) is 7.73. The first-order valence-corrected chi connectivity index (χ1v) is 9.47. The number of para-hydroxylation sites is 1. The molecule has 2 aromatic rings. The molecule has 130 valence electrons. The van der Waals surface area contributed by atoms with Crippen molar-refractivity contribution >= 4 is 34.1 Å². The molecule has 8 heteroatoms. The van der Waals surface area contributed by atoms with Crippen molar-refractivity contribution in [3.05, 3.63) is 29.8 Å². The summed E-state index contributed by atoms with van der Waals surface area (Å²) in [5, 5.41) is 15.1. The SMILES string of the molecule is COc1ccccc1CNC(=O)CSc1nnc(NCC(C)C)s1. The average Bonchev–Trinajstić information content (AvgIpc) is 3.04. The standard InChI is InChI=1S/C16H22N4O2S2/c1-11(2)8-18-15-19-20-16(24-15)23-10-14(21)17-9-12-6-4-5-7-13(12)22-3/h4-7,11H,8-10H2,1-3H3,(H,17,21)(H,18,19). The molecule has 2 N–H and O–H groups in total. The number of rotatable bonds is 9. The van der Waals surface area contributed by atoms with Crippen LogP contribution in [0.2, 0.25) is 0 Å². The molecule has 6 nitrogen and oxygen atoms in total. The maximum absolute atomic E-state index is 12.0. The van der Waals surface area contributed by atoms with E-state index in [0.29, 0.717) is 18.2 Å². The van der Waals surface area contributed by atoms with Gasteiger partial charge in [-0.2, -0.15) is 0 Å². The van der Waals surface area contributed by atoms with Gasteiger partial charge in [0.25, 0.3) is 0 Å². The van der Waals surface area contributed by atoms with Crippen LogP contribution in [0.4, 0.5) is 5.13 Å². The molecule has 1 aromatic heterocycles. The highest BCUT2D eigenvalue weighted by atomic mass is 32.2. The molecule has 0 fully saturated rings. The first kappa shape index (κ1) is 18.5. The molecule has 0 aliphatic carbocycles. The normalized spacial score (nSPS) is 10.7. The number of carbonyl (C=O) groups is 1. The number of nitrogens with zero attached hydrogens (tertiary/aromatic N) is 2. The molecule has 24 heavy (non-hydrogen) atoms. The van der Waals surface area contributed by atoms with E-state index in [4.69, 9.17) is 4.74 Å². The smallest absolute Gasteiger partial charge is 0.230 e. The van der Waals surface area contributed by atoms with E-state index in [-0.39, 0.29) is 5.91 Å². The van der Waals surface area contributed by atoms with Gasteiger partial charge in [-0.3, -0.25) is 4.79 Å². The Morgan fingerprint density at radius 2 is 2.12 bits per heavy atom. The quantitative estimate of drug-likeness (QED) is 0.665. The van der Waals surface area contributed by atoms with Gasteiger partial charge in [-0.15, -0.1) is 10.2 Å². The fraction of sp³-hybridized carbons (Fsp3) is 0.438. The Morgan fingerprint density at radius 3 is 2.88 bits per heavy atom. The number of nitrogens with one attached hydrogen (secondary N) is 2. The lowest BCUT2D eigenvalue weighted by atomic mass is 10.2. The summed E-state index contributed by atoms with van der Waals surface area (Å²) in [6.45, 7) is 5.57. The van der Waals surface area contributed by atoms with Crippen molar-refractivity contribution < 1.29 is 9.53 Å². The van der Waals surface area contributed by atoms with Gasteiger partial charge >= 0.3 is 0 Å². The van der Waals surface area contributed by atoms with Gasteiger partial charge in [-0.25, -0.2) is 0 Å². The van der Waals surface area contributed by atoms with E-state index >= 15 is 0 Å². The van der Waals surface area contributed by atoms with Gasteiger partial charge in [0, 0.05) is 18.7 Å². The highest BCUT2D eigenvalue weighted by molar-refractivity contribution is 8.01. The van der Waals surface area contributed by atoms with Gasteiger partial charge in [-0.05, 0) is 12.0 Å². The van der Waals surface area contributed by atoms with Crippen LogP contribution in [-0.4, -0.2) is 35.5 Å². The molecule has 1 heterocycles. The van der Waals surface area contributed by atoms with Crippen molar-refractivity contribution in [1.82, 2.24) is 15.5 Å². The van der Waals surface area contributed by atoms with Crippen LogP contribution in [0.5, 0.6) is 5.75 Å². The predicted molar refractivity (Wildman–Crippen MR) is 98.8 cm³/mol. The number of hydrogen-bond acceptors (Lipinski definition) is 7. The zero-order valence-corrected chi connectivity index (χ0v) is 15.7. The Labute approximate surface area is 150 Å². The molecule has 0 spiro atoms. The van der Waals surface area contributed by atoms with Crippen LogP contribution in [-0.2, 0) is 11.3 Å². The lowest BCUT2D eigenvalue weighted by Gasteiger charge is -2.09. The molecule has 0 radical (unpaired) electrons. The molecule has 0 aliphatic rings. The van der Waals surface area contributed by atoms with Crippen LogP contribution in [0.25, 0.3) is 0 Å². The summed E-state index contributed by atoms with van der Waals surface area (Å²) in [5.74, 6) is 1.59. The summed E-state index contributed by atoms with van der Waals surface area (Å²) in [5.41, 5.74) is 0.953. The van der Waals surface area contributed by atoms with E-state index in [2.05, 4.69) is 34.7 Å². The summed E-state index contributed by atoms with van der Waals surface area (Å²) in [6, 6.07) is 7.64. The Hall–Kier alpha value is -1.80. The van der Waals surface area contributed by atoms with E-state index in [1.165, 1.54) is 23.1 Å². The summed E-state index contributed by atoms with van der Waals surface area (Å²) in [7, 11) is 1.62. The number of amides is 1. The number of aromatic nitrogens is 2. The van der Waals surface area contributed by atoms with E-state index in [9.17, 15) is 4.79 Å². The van der Waals surface area contributed by atoms with E-state index in [1.807, 2.05) is 24.3 Å². The molecule has 0 bridgehead atoms. The van der Waals surface area contributed by atoms with Crippen LogP contribution in [0.3, 0.4) is 0 Å². The predicted octanol–water partition coefficient (Wildman–Crippen LogP) is 3.02. The Kier molecular flexibility index (Phi) is 7.33. The summed E-state index contributed by atoms with van der Waals surface area (Å²) in [4.78, 5) is 12.0. The number of methoxy groups -OCH3 is 1. The summed E-state index contributed by atoms with van der Waals surface area (Å²) >= 11 is 2.86. The third-order valence-electron chi connectivity index (χ3n) is 3.06. The minimum Gasteiger partial charge on any atom is -0.496 e. The fourth-order valence-electron chi connectivity index (χ4n) is 1.85. The number of thioether (sulfide) groups is 1. The topological polar surface area (TPSA) is 76.1 Å². The Bertz CT molecular complexity index is 661. The molecular weight excluding hydrogens is 344 g/mol. The number of benzene rings is 1. The average molecular weight is 367 g/mol. The molecule has 1 amide bonds. The highest BCUT2D eigenvalue weighted by Gasteiger charge is 2.09. The first-order chi connectivity index (χ1) is 11.6. The van der Waals surface area contributed by atoms with Crippen molar-refractivity contribution in [2.75, 3.05) is 24.7 Å². The van der Waals surface area contributed by atoms with Gasteiger partial charge in [0.05, 0.1) is 12.9 Å². The van der Waals surface area contributed by atoms with Crippen LogP contribution in [0, 0.1) is 5.92 Å². The maximum Gasteiger partial charge on any atom is 0.230 e. The maximum atomic E-state index is 12.0. The van der Waals surface area contributed by atoms with Gasteiger partial charge in [0.15, 0.2) is 4.34 Å². The second kappa shape index (κ2) is 9.48. The summed E-state index contributed by atoms with van der Waals surface area (Å²) in [6.07, 6.45) is 0. The van der Waals surface area contributed by atoms with Crippen LogP contribution < -0.4 is 15.4 Å². The summed E-state index contributed by atoms with van der Waals surface area (Å²) < 4.78 is 6.06. The Morgan fingerprint density at radius 1 is 1.33 bits per heavy atom. The molecule has 0 saturated heterocycles. The number of hydrogen-bond donors (Lipinski definition) is 2. The van der Waals surface area contributed by atoms with Crippen molar-refractivity contribution in [3.63, 3.8) is 0 Å². The second-order valence-electron chi connectivity index (χ2n) is 5.53. The first-order valence-electron chi connectivity index (χ1n) is 7.67. The molecule has 1 aromatic carbocycles. The van der Waals surface area contributed by atoms with E-state index < -0.39 is 0 Å². The van der Waals surface area contributed by atoms with Crippen LogP contribution >= 0.6 is 23.1 Å². The van der Waals surface area contributed by atoms with Gasteiger partial charge in [0.2, 0.25) is 11.0 Å². The largest absolute Gasteiger partial charge is 0.496 e. The number of anilines is 1. The zero-order valence-electron chi connectivity index (χ0n) is 14.0. The monoisotopic (exact) mass is 366 g/mol. The van der Waals surface area contributed by atoms with Gasteiger partial charge in [-0.1, -0.05) is 55.1 Å². The number of ether oxygens (including phenoxy) is 1. The lowest BCUT2D eigenvalue weighted by Crippen LogP contribution is -2.24. The van der Waals surface area contributed by atoms with Gasteiger partial charge in [0.1, 0.15) is 5.75 Å². The molecule has 0 atom stereocenters. The van der Waals surface area contributed by atoms with Crippen molar-refractivity contribution in [3.8, 4) is 5.75 Å². The highest BCUT2D eigenvalue weighted by Crippen LogP contribution is 2.25. The Balaban J connectivity index is 1.75. The lowest BCUT2D eigenvalue weighted by molar-refractivity contribution is -0.118. The molecule has 0 saturated carbocycles. The minimum absolute atomic E-state index is 0.0437. The third kappa shape index (κ3) is 6.01. The molecule has 0 unspecified atom stereocenters. The van der Waals surface area contributed by atoms with Crippen molar-refractivity contribution in [1.29, 1.82) is 0 Å². The van der Waals surface area contributed by atoms with Crippen molar-refractivity contribution in [2.24, 2.45) is 5.92 Å². The minimum atomic E-state index is -0.0437. The molecule has 0 aliphatic heterocycles. The third-order valence-corrected chi connectivity index (χ3v) is 5.08. The van der Waals surface area contributed by atoms with E-state index in [0.717, 1.165) is 27.3 Å². The van der Waals surface area contributed by atoms with Crippen molar-refractivity contribution in [2.45, 2.75) is 24.7 Å². The molecular formula is C16H22N4O2S2. The fourth-order valence-corrected chi connectivity index (χ4v) is 3.44. The van der Waals surface area contributed by atoms with Crippen LogP contribution in [0.15, 0.2) is 28.6 Å². The van der Waals surface area contributed by atoms with Crippen LogP contribution in [0.1, 0.15) is 19.4 Å². The number of carbonyl (C=O) groups excluding carboxylic acids is 1.